The first-order valence-electron chi connectivity index (χ1n) is 10.4. The van der Waals surface area contributed by atoms with Crippen molar-refractivity contribution in [3.05, 3.63) is 64.6 Å². The molecule has 0 heterocycles. The summed E-state index contributed by atoms with van der Waals surface area (Å²) < 4.78 is 0. The Morgan fingerprint density at radius 2 is 2.07 bits per heavy atom. The minimum Gasteiger partial charge on any atom is -0.465 e. The van der Waals surface area contributed by atoms with Gasteiger partial charge in [-0.15, -0.1) is 11.8 Å². The molecule has 1 aliphatic carbocycles. The van der Waals surface area contributed by atoms with Crippen LogP contribution in [0.15, 0.2) is 53.5 Å². The number of allylic oxidation sites excluding steroid dienone is 4. The van der Waals surface area contributed by atoms with Crippen molar-refractivity contribution in [1.29, 1.82) is 0 Å². The van der Waals surface area contributed by atoms with E-state index in [1.165, 1.54) is 4.90 Å². The van der Waals surface area contributed by atoms with Gasteiger partial charge in [0.05, 0.1) is 0 Å². The molecular formula is C24H34N2O3S. The fourth-order valence-corrected chi connectivity index (χ4v) is 3.56. The Balaban J connectivity index is 0.00000218. The second-order valence-electron chi connectivity index (χ2n) is 6.70. The van der Waals surface area contributed by atoms with Gasteiger partial charge in [-0.2, -0.15) is 0 Å². The Kier molecular flexibility index (Phi) is 11.9. The topological polar surface area (TPSA) is 69.6 Å². The number of amides is 1. The summed E-state index contributed by atoms with van der Waals surface area (Å²) in [6.07, 6.45) is 7.77. The number of rotatable bonds is 8. The second-order valence-corrected chi connectivity index (χ2v) is 7.44. The predicted octanol–water partition coefficient (Wildman–Crippen LogP) is 5.69. The highest BCUT2D eigenvalue weighted by atomic mass is 32.2. The molecular weight excluding hydrogens is 396 g/mol. The van der Waals surface area contributed by atoms with Gasteiger partial charge >= 0.3 is 6.09 Å². The first-order chi connectivity index (χ1) is 14.5. The lowest BCUT2D eigenvalue weighted by atomic mass is 9.98. The van der Waals surface area contributed by atoms with Crippen LogP contribution in [-0.4, -0.2) is 43.4 Å². The number of ketones is 1. The van der Waals surface area contributed by atoms with Gasteiger partial charge in [0.15, 0.2) is 5.78 Å². The molecule has 0 radical (unpaired) electrons. The maximum atomic E-state index is 13.0. The summed E-state index contributed by atoms with van der Waals surface area (Å²) in [5.41, 5.74) is 3.76. The van der Waals surface area contributed by atoms with Gasteiger partial charge in [-0.1, -0.05) is 20.4 Å². The van der Waals surface area contributed by atoms with Crippen LogP contribution >= 0.6 is 11.8 Å². The molecule has 0 fully saturated rings. The largest absolute Gasteiger partial charge is 0.465 e. The Morgan fingerprint density at radius 1 is 1.33 bits per heavy atom. The van der Waals surface area contributed by atoms with Gasteiger partial charge in [-0.3, -0.25) is 9.69 Å². The van der Waals surface area contributed by atoms with Gasteiger partial charge in [0, 0.05) is 23.4 Å². The second kappa shape index (κ2) is 13.8. The molecule has 6 heteroatoms. The van der Waals surface area contributed by atoms with Crippen LogP contribution in [0.3, 0.4) is 0 Å². The standard InChI is InChI=1S/C22H28N2O3S.C2H6/c1-16(10-13-28-3)14-18-7-4-6-17-15-19(8-9-20(17)21(18)25)24(22(26)27)12-5-11-23-2;1-2/h8-10,13-15,23H,1,4-7,11-12H2,2-3H3,(H,26,27);1-2H3/b13-10-,18-14+;. The molecule has 0 saturated heterocycles. The molecule has 1 amide bonds. The molecule has 0 bridgehead atoms. The third-order valence-corrected chi connectivity index (χ3v) is 5.05. The summed E-state index contributed by atoms with van der Waals surface area (Å²) in [5, 5.41) is 14.5. The smallest absolute Gasteiger partial charge is 0.411 e. The van der Waals surface area contributed by atoms with Crippen molar-refractivity contribution < 1.29 is 14.7 Å². The first kappa shape index (κ1) is 25.7. The molecule has 1 aromatic rings. The fraction of sp³-hybridized carbons (Fsp3) is 0.417. The van der Waals surface area contributed by atoms with Gasteiger partial charge in [0.2, 0.25) is 0 Å². The Bertz CT molecular complexity index is 800. The quantitative estimate of drug-likeness (QED) is 0.240. The van der Waals surface area contributed by atoms with Crippen LogP contribution < -0.4 is 10.2 Å². The van der Waals surface area contributed by atoms with Crippen molar-refractivity contribution in [3.8, 4) is 0 Å². The van der Waals surface area contributed by atoms with Crippen molar-refractivity contribution in [2.45, 2.75) is 39.5 Å². The molecule has 5 nitrogen and oxygen atoms in total. The predicted molar refractivity (Wildman–Crippen MR) is 129 cm³/mol. The third-order valence-electron chi connectivity index (χ3n) is 4.65. The van der Waals surface area contributed by atoms with Crippen molar-refractivity contribution in [1.82, 2.24) is 5.32 Å². The Hall–Kier alpha value is -2.31. The first-order valence-corrected chi connectivity index (χ1v) is 11.7. The summed E-state index contributed by atoms with van der Waals surface area (Å²) >= 11 is 1.59. The lowest BCUT2D eigenvalue weighted by Crippen LogP contribution is -2.32. The highest BCUT2D eigenvalue weighted by Crippen LogP contribution is 2.29. The third kappa shape index (κ3) is 7.50. The molecule has 0 unspecified atom stereocenters. The lowest BCUT2D eigenvalue weighted by molar-refractivity contribution is 0.103. The van der Waals surface area contributed by atoms with E-state index < -0.39 is 6.09 Å². The number of nitrogens with one attached hydrogen (secondary N) is 1. The van der Waals surface area contributed by atoms with Crippen LogP contribution in [0.2, 0.25) is 0 Å². The average molecular weight is 431 g/mol. The van der Waals surface area contributed by atoms with E-state index in [4.69, 9.17) is 0 Å². The van der Waals surface area contributed by atoms with Crippen molar-refractivity contribution in [2.75, 3.05) is 31.3 Å². The summed E-state index contributed by atoms with van der Waals surface area (Å²) in [4.78, 5) is 26.0. The number of thioether (sulfide) groups is 1. The molecule has 0 spiro atoms. The number of fused-ring (bicyclic) bond motifs is 1. The normalized spacial score (nSPS) is 14.7. The number of anilines is 1. The van der Waals surface area contributed by atoms with Crippen LogP contribution in [0.25, 0.3) is 0 Å². The molecule has 30 heavy (non-hydrogen) atoms. The molecule has 0 aliphatic heterocycles. The number of Topliss-reactive ketones (excluding diaryl/α,β-unsaturated/α-hetero) is 1. The maximum Gasteiger partial charge on any atom is 0.411 e. The molecule has 0 atom stereocenters. The van der Waals surface area contributed by atoms with E-state index in [9.17, 15) is 14.7 Å². The van der Waals surface area contributed by atoms with E-state index in [0.29, 0.717) is 24.2 Å². The zero-order valence-corrected chi connectivity index (χ0v) is 19.3. The molecule has 2 N–H and O–H groups in total. The van der Waals surface area contributed by atoms with Crippen LogP contribution in [-0.2, 0) is 6.42 Å². The maximum absolute atomic E-state index is 13.0. The Morgan fingerprint density at radius 3 is 2.70 bits per heavy atom. The number of hydrogen-bond acceptors (Lipinski definition) is 4. The van der Waals surface area contributed by atoms with E-state index in [1.807, 2.05) is 50.8 Å². The molecule has 2 rings (SSSR count). The molecule has 0 aromatic heterocycles. The summed E-state index contributed by atoms with van der Waals surface area (Å²) in [6, 6.07) is 5.35. The number of carbonyl (C=O) groups is 2. The summed E-state index contributed by atoms with van der Waals surface area (Å²) in [6.45, 7) is 9.15. The number of carboxylic acid groups (broad SMARTS) is 1. The number of hydrogen-bond donors (Lipinski definition) is 2. The van der Waals surface area contributed by atoms with E-state index in [1.54, 1.807) is 23.9 Å². The fourth-order valence-electron chi connectivity index (χ4n) is 3.25. The van der Waals surface area contributed by atoms with Crippen molar-refractivity contribution in [3.63, 3.8) is 0 Å². The zero-order valence-electron chi connectivity index (χ0n) is 18.5. The summed E-state index contributed by atoms with van der Waals surface area (Å²) in [5.74, 6) is 0.00908. The monoisotopic (exact) mass is 430 g/mol. The molecule has 1 aliphatic rings. The van der Waals surface area contributed by atoms with Crippen LogP contribution in [0.1, 0.15) is 49.0 Å². The number of carbonyl (C=O) groups excluding carboxylic acids is 1. The van der Waals surface area contributed by atoms with Gasteiger partial charge < -0.3 is 10.4 Å². The highest BCUT2D eigenvalue weighted by molar-refractivity contribution is 8.01. The minimum absolute atomic E-state index is 0.00908. The van der Waals surface area contributed by atoms with Gasteiger partial charge in [0.25, 0.3) is 0 Å². The number of nitrogens with zero attached hydrogens (tertiary/aromatic N) is 1. The van der Waals surface area contributed by atoms with Crippen LogP contribution in [0, 0.1) is 0 Å². The van der Waals surface area contributed by atoms with Crippen LogP contribution in [0.5, 0.6) is 0 Å². The number of aryl methyl sites for hydroxylation is 1. The van der Waals surface area contributed by atoms with Crippen molar-refractivity contribution >= 4 is 29.3 Å². The summed E-state index contributed by atoms with van der Waals surface area (Å²) in [7, 11) is 1.84. The molecule has 1 aromatic carbocycles. The molecule has 164 valence electrons. The zero-order chi connectivity index (χ0) is 22.5. The number of benzene rings is 1. The average Bonchev–Trinajstić information content (AvgIpc) is 2.89. The van der Waals surface area contributed by atoms with Gasteiger partial charge in [-0.25, -0.2) is 4.79 Å². The van der Waals surface area contributed by atoms with Gasteiger partial charge in [0.1, 0.15) is 0 Å². The minimum atomic E-state index is -0.978. The van der Waals surface area contributed by atoms with Gasteiger partial charge in [-0.05, 0) is 92.4 Å². The van der Waals surface area contributed by atoms with E-state index in [2.05, 4.69) is 11.9 Å². The van der Waals surface area contributed by atoms with E-state index >= 15 is 0 Å². The highest BCUT2D eigenvalue weighted by Gasteiger charge is 2.22. The van der Waals surface area contributed by atoms with E-state index in [-0.39, 0.29) is 5.78 Å². The SMILES string of the molecule is C=C(/C=C\SC)/C=C1\CCCc2cc(N(CCCNC)C(=O)O)ccc2C1=O.CC. The van der Waals surface area contributed by atoms with Crippen molar-refractivity contribution in [2.24, 2.45) is 0 Å². The van der Waals surface area contributed by atoms with E-state index in [0.717, 1.165) is 42.5 Å². The molecule has 0 saturated carbocycles. The Labute approximate surface area is 184 Å². The van der Waals surface area contributed by atoms with Crippen LogP contribution in [0.4, 0.5) is 10.5 Å². The lowest BCUT2D eigenvalue weighted by Gasteiger charge is -2.20.